The lowest BCUT2D eigenvalue weighted by molar-refractivity contribution is -0.163. The van der Waals surface area contributed by atoms with Crippen molar-refractivity contribution in [2.45, 2.75) is 51.2 Å². The van der Waals surface area contributed by atoms with Gasteiger partial charge in [-0.2, -0.15) is 0 Å². The van der Waals surface area contributed by atoms with E-state index in [1.165, 1.54) is 12.1 Å². The largest absolute Gasteiger partial charge is 0.449 e. The molecule has 0 radical (unpaired) electrons. The van der Waals surface area contributed by atoms with Crippen LogP contribution in [-0.2, 0) is 9.53 Å². The van der Waals surface area contributed by atoms with Gasteiger partial charge >= 0.3 is 0 Å². The minimum Gasteiger partial charge on any atom is -0.449 e. The van der Waals surface area contributed by atoms with Gasteiger partial charge in [0.25, 0.3) is 11.8 Å². The van der Waals surface area contributed by atoms with Crippen LogP contribution in [0.3, 0.4) is 0 Å². The molecule has 2 saturated heterocycles. The molecule has 9 heteroatoms. The molecule has 4 heterocycles. The Kier molecular flexibility index (Phi) is 6.76. The number of furan rings is 1. The molecule has 0 spiro atoms. The molecule has 0 bridgehead atoms. The molecule has 0 aliphatic carbocycles. The van der Waals surface area contributed by atoms with E-state index in [1.807, 2.05) is 26.8 Å². The zero-order chi connectivity index (χ0) is 26.3. The Morgan fingerprint density at radius 3 is 2.49 bits per heavy atom. The van der Waals surface area contributed by atoms with Crippen LogP contribution in [0.15, 0.2) is 40.8 Å². The van der Waals surface area contributed by atoms with Crippen LogP contribution in [-0.4, -0.2) is 76.2 Å². The molecule has 37 heavy (non-hydrogen) atoms. The molecule has 2 fully saturated rings. The fourth-order valence-electron chi connectivity index (χ4n) is 5.15. The highest BCUT2D eigenvalue weighted by molar-refractivity contribution is 5.96. The molecule has 8 nitrogen and oxygen atoms in total. The highest BCUT2D eigenvalue weighted by Gasteiger charge is 2.43. The Bertz CT molecular complexity index is 1310. The summed E-state index contributed by atoms with van der Waals surface area (Å²) in [4.78, 5) is 34.6. The smallest absolute Gasteiger partial charge is 0.290 e. The van der Waals surface area contributed by atoms with Gasteiger partial charge in [-0.05, 0) is 43.2 Å². The maximum absolute atomic E-state index is 13.5. The van der Waals surface area contributed by atoms with Crippen LogP contribution in [0.25, 0.3) is 22.4 Å². The van der Waals surface area contributed by atoms with Crippen molar-refractivity contribution in [3.63, 3.8) is 0 Å². The molecule has 2 aliphatic rings. The summed E-state index contributed by atoms with van der Waals surface area (Å²) in [6.45, 7) is 7.69. The Labute approximate surface area is 215 Å². The maximum Gasteiger partial charge on any atom is 0.290 e. The average molecular weight is 510 g/mol. The zero-order valence-electron chi connectivity index (χ0n) is 21.4. The average Bonchev–Trinajstić information content (AvgIpc) is 3.32. The van der Waals surface area contributed by atoms with Gasteiger partial charge in [-0.1, -0.05) is 13.8 Å². The fraction of sp³-hybridized carbons (Fsp3) is 0.464. The van der Waals surface area contributed by atoms with E-state index in [0.29, 0.717) is 49.6 Å². The van der Waals surface area contributed by atoms with E-state index in [4.69, 9.17) is 14.1 Å². The van der Waals surface area contributed by atoms with E-state index >= 15 is 0 Å². The van der Waals surface area contributed by atoms with Gasteiger partial charge in [0.2, 0.25) is 0 Å². The second kappa shape index (κ2) is 9.87. The lowest BCUT2D eigenvalue weighted by Crippen LogP contribution is -2.60. The van der Waals surface area contributed by atoms with Crippen LogP contribution < -0.4 is 0 Å². The van der Waals surface area contributed by atoms with Gasteiger partial charge in [0.15, 0.2) is 11.3 Å². The van der Waals surface area contributed by atoms with Gasteiger partial charge < -0.3 is 24.1 Å². The minimum absolute atomic E-state index is 0.114. The number of carbonyl (C=O) groups excluding carboxylic acids is 2. The summed E-state index contributed by atoms with van der Waals surface area (Å²) in [6.07, 6.45) is 0.562. The molecule has 1 aromatic carbocycles. The van der Waals surface area contributed by atoms with Crippen molar-refractivity contribution >= 4 is 22.9 Å². The van der Waals surface area contributed by atoms with E-state index in [0.717, 1.165) is 11.1 Å². The third-order valence-electron chi connectivity index (χ3n) is 7.37. The number of hydrogen-bond acceptors (Lipinski definition) is 6. The molecule has 1 atom stereocenters. The minimum atomic E-state index is -1.40. The second-order valence-electron chi connectivity index (χ2n) is 10.3. The molecular weight excluding hydrogens is 477 g/mol. The van der Waals surface area contributed by atoms with Gasteiger partial charge in [0.05, 0.1) is 5.69 Å². The van der Waals surface area contributed by atoms with Crippen molar-refractivity contribution in [1.82, 2.24) is 14.8 Å². The second-order valence-corrected chi connectivity index (χ2v) is 10.3. The maximum atomic E-state index is 13.5. The number of pyridine rings is 1. The van der Waals surface area contributed by atoms with Crippen LogP contribution in [0.1, 0.15) is 55.6 Å². The van der Waals surface area contributed by atoms with Crippen molar-refractivity contribution < 1.29 is 28.2 Å². The third-order valence-corrected chi connectivity index (χ3v) is 7.37. The molecule has 0 saturated carbocycles. The number of ether oxygens (including phenoxy) is 1. The molecule has 2 amide bonds. The number of piperazine rings is 1. The van der Waals surface area contributed by atoms with Crippen LogP contribution in [0.5, 0.6) is 0 Å². The number of halogens is 1. The highest BCUT2D eigenvalue weighted by atomic mass is 19.1. The van der Waals surface area contributed by atoms with E-state index < -0.39 is 5.60 Å². The monoisotopic (exact) mass is 509 g/mol. The summed E-state index contributed by atoms with van der Waals surface area (Å²) < 4.78 is 24.8. The summed E-state index contributed by atoms with van der Waals surface area (Å²) >= 11 is 0. The van der Waals surface area contributed by atoms with Gasteiger partial charge in [0.1, 0.15) is 16.9 Å². The van der Waals surface area contributed by atoms with Crippen LogP contribution in [0, 0.1) is 5.82 Å². The quantitative estimate of drug-likeness (QED) is 0.572. The predicted molar refractivity (Wildman–Crippen MR) is 136 cm³/mol. The molecule has 1 N–H and O–H groups in total. The van der Waals surface area contributed by atoms with E-state index in [2.05, 4.69) is 0 Å². The number of carbonyl (C=O) groups is 2. The Morgan fingerprint density at radius 1 is 1.14 bits per heavy atom. The summed E-state index contributed by atoms with van der Waals surface area (Å²) in [5, 5.41) is 10.8. The van der Waals surface area contributed by atoms with Crippen molar-refractivity contribution in [3.05, 3.63) is 53.5 Å². The van der Waals surface area contributed by atoms with Crippen LogP contribution >= 0.6 is 0 Å². The Morgan fingerprint density at radius 2 is 1.84 bits per heavy atom. The number of hydrogen-bond donors (Lipinski definition) is 1. The Balaban J connectivity index is 1.38. The third kappa shape index (κ3) is 4.85. The first kappa shape index (κ1) is 25.4. The number of aliphatic hydroxyl groups is 1. The van der Waals surface area contributed by atoms with E-state index in [-0.39, 0.29) is 48.2 Å². The van der Waals surface area contributed by atoms with E-state index in [9.17, 15) is 19.1 Å². The molecule has 196 valence electrons. The van der Waals surface area contributed by atoms with Gasteiger partial charge in [-0.25, -0.2) is 9.37 Å². The van der Waals surface area contributed by atoms with E-state index in [1.54, 1.807) is 28.0 Å². The first-order chi connectivity index (χ1) is 17.7. The topological polar surface area (TPSA) is 96.1 Å². The number of rotatable bonds is 4. The summed E-state index contributed by atoms with van der Waals surface area (Å²) in [5.74, 6) is -0.570. The van der Waals surface area contributed by atoms with Crippen molar-refractivity contribution in [2.24, 2.45) is 0 Å². The predicted octanol–water partition coefficient (Wildman–Crippen LogP) is 3.97. The molecule has 2 aliphatic heterocycles. The number of nitrogens with zero attached hydrogens (tertiary/aromatic N) is 3. The SMILES string of the molecule is CC(C)c1cc(-c2ccc(F)cc2)nc2cc(C(=O)N3CCN(C(=O)C4(O)CCOCC4)C[C@@H]3C)oc12. The standard InChI is InChI=1S/C28H32FN3O5/c1-17(2)21-14-22(19-4-6-20(29)7-5-19)30-23-15-24(37-25(21)23)26(33)32-11-10-31(16-18(32)3)27(34)28(35)8-12-36-13-9-28/h4-7,14-15,17-18,35H,8-13,16H2,1-3H3/t18-/m0/s1. The van der Waals surface area contributed by atoms with Gasteiger partial charge in [0, 0.05) is 68.9 Å². The first-order valence-corrected chi connectivity index (χ1v) is 12.8. The van der Waals surface area contributed by atoms with Crippen LogP contribution in [0.2, 0.25) is 0 Å². The Hall–Kier alpha value is -3.30. The zero-order valence-corrected chi connectivity index (χ0v) is 21.4. The van der Waals surface area contributed by atoms with Gasteiger partial charge in [-0.3, -0.25) is 9.59 Å². The van der Waals surface area contributed by atoms with Crippen molar-refractivity contribution in [1.29, 1.82) is 0 Å². The number of fused-ring (bicyclic) bond motifs is 1. The number of benzene rings is 1. The normalized spacial score (nSPS) is 20.0. The van der Waals surface area contributed by atoms with Crippen molar-refractivity contribution in [3.8, 4) is 11.3 Å². The molecular formula is C28H32FN3O5. The lowest BCUT2D eigenvalue weighted by Gasteiger charge is -2.43. The molecule has 0 unspecified atom stereocenters. The van der Waals surface area contributed by atoms with Crippen LogP contribution in [0.4, 0.5) is 4.39 Å². The summed E-state index contributed by atoms with van der Waals surface area (Å²) in [7, 11) is 0. The van der Waals surface area contributed by atoms with Crippen molar-refractivity contribution in [2.75, 3.05) is 32.8 Å². The summed E-state index contributed by atoms with van der Waals surface area (Å²) in [6, 6.07) is 9.48. The summed E-state index contributed by atoms with van der Waals surface area (Å²) in [5.41, 5.74) is 2.10. The molecule has 5 rings (SSSR count). The molecule has 3 aromatic rings. The first-order valence-electron chi connectivity index (χ1n) is 12.8. The van der Waals surface area contributed by atoms with Gasteiger partial charge in [-0.15, -0.1) is 0 Å². The number of amides is 2. The highest BCUT2D eigenvalue weighted by Crippen LogP contribution is 2.32. The molecule has 2 aromatic heterocycles. The lowest BCUT2D eigenvalue weighted by atomic mass is 9.92. The number of aromatic nitrogens is 1. The fourth-order valence-corrected chi connectivity index (χ4v) is 5.15.